The Balaban J connectivity index is 2.15. The van der Waals surface area contributed by atoms with Gasteiger partial charge in [0.1, 0.15) is 0 Å². The van der Waals surface area contributed by atoms with Crippen LogP contribution in [0.15, 0.2) is 24.3 Å². The zero-order valence-corrected chi connectivity index (χ0v) is 11.6. The second kappa shape index (κ2) is 6.91. The van der Waals surface area contributed by atoms with Crippen molar-refractivity contribution in [3.63, 3.8) is 0 Å². The highest BCUT2D eigenvalue weighted by atomic mass is 16.5. The second-order valence-electron chi connectivity index (χ2n) is 5.08. The minimum atomic E-state index is 0.349. The van der Waals surface area contributed by atoms with Crippen molar-refractivity contribution in [3.8, 4) is 0 Å². The van der Waals surface area contributed by atoms with Crippen LogP contribution < -0.4 is 5.32 Å². The van der Waals surface area contributed by atoms with Gasteiger partial charge in [-0.15, -0.1) is 0 Å². The van der Waals surface area contributed by atoms with E-state index in [0.717, 1.165) is 19.6 Å². The van der Waals surface area contributed by atoms with Gasteiger partial charge in [0.15, 0.2) is 0 Å². The monoisotopic (exact) mass is 247 g/mol. The van der Waals surface area contributed by atoms with E-state index in [0.29, 0.717) is 12.1 Å². The highest BCUT2D eigenvalue weighted by molar-refractivity contribution is 5.27. The van der Waals surface area contributed by atoms with Crippen LogP contribution >= 0.6 is 0 Å². The molecular formula is C16H25NO. The lowest BCUT2D eigenvalue weighted by molar-refractivity contribution is 0.0788. The summed E-state index contributed by atoms with van der Waals surface area (Å²) >= 11 is 0. The first-order valence-electron chi connectivity index (χ1n) is 7.29. The van der Waals surface area contributed by atoms with E-state index in [1.54, 1.807) is 0 Å². The molecule has 2 heteroatoms. The minimum absolute atomic E-state index is 0.349. The van der Waals surface area contributed by atoms with Gasteiger partial charge in [-0.25, -0.2) is 0 Å². The third kappa shape index (κ3) is 3.33. The van der Waals surface area contributed by atoms with Gasteiger partial charge in [-0.3, -0.25) is 0 Å². The predicted octanol–water partition coefficient (Wildman–Crippen LogP) is 3.47. The first kappa shape index (κ1) is 13.6. The highest BCUT2D eigenvalue weighted by Gasteiger charge is 2.26. The molecule has 0 saturated carbocycles. The third-order valence-corrected chi connectivity index (χ3v) is 3.61. The zero-order valence-electron chi connectivity index (χ0n) is 11.6. The lowest BCUT2D eigenvalue weighted by Crippen LogP contribution is -2.31. The number of benzene rings is 1. The van der Waals surface area contributed by atoms with Crippen LogP contribution in [0.25, 0.3) is 0 Å². The number of hydrogen-bond acceptors (Lipinski definition) is 2. The lowest BCUT2D eigenvalue weighted by atomic mass is 9.96. The highest BCUT2D eigenvalue weighted by Crippen LogP contribution is 2.27. The molecule has 0 bridgehead atoms. The number of likely N-dealkylation sites (N-methyl/N-ethyl adjacent to an activating group) is 1. The SMILES string of the molecule is CCCc1cccc(C(NCC)C2CCCO2)c1. The van der Waals surface area contributed by atoms with Crippen LogP contribution in [0.4, 0.5) is 0 Å². The number of aryl methyl sites for hydroxylation is 1. The Labute approximate surface area is 111 Å². The van der Waals surface area contributed by atoms with E-state index in [9.17, 15) is 0 Å². The molecule has 0 aliphatic carbocycles. The molecule has 0 amide bonds. The van der Waals surface area contributed by atoms with Gasteiger partial charge in [-0.2, -0.15) is 0 Å². The summed E-state index contributed by atoms with van der Waals surface area (Å²) < 4.78 is 5.86. The molecule has 1 fully saturated rings. The van der Waals surface area contributed by atoms with Crippen LogP contribution in [0, 0.1) is 0 Å². The molecule has 1 aromatic carbocycles. The molecule has 0 radical (unpaired) electrons. The molecule has 1 heterocycles. The van der Waals surface area contributed by atoms with Gasteiger partial charge < -0.3 is 10.1 Å². The van der Waals surface area contributed by atoms with E-state index in [1.807, 2.05) is 0 Å². The van der Waals surface area contributed by atoms with Crippen molar-refractivity contribution in [1.29, 1.82) is 0 Å². The third-order valence-electron chi connectivity index (χ3n) is 3.61. The van der Waals surface area contributed by atoms with Crippen molar-refractivity contribution in [1.82, 2.24) is 5.32 Å². The van der Waals surface area contributed by atoms with Crippen molar-refractivity contribution in [3.05, 3.63) is 35.4 Å². The molecule has 2 nitrogen and oxygen atoms in total. The fraction of sp³-hybridized carbons (Fsp3) is 0.625. The zero-order chi connectivity index (χ0) is 12.8. The van der Waals surface area contributed by atoms with Gasteiger partial charge >= 0.3 is 0 Å². The van der Waals surface area contributed by atoms with Gasteiger partial charge in [0.25, 0.3) is 0 Å². The van der Waals surface area contributed by atoms with E-state index in [1.165, 1.54) is 30.4 Å². The van der Waals surface area contributed by atoms with Gasteiger partial charge in [0.05, 0.1) is 12.1 Å². The molecule has 1 N–H and O–H groups in total. The lowest BCUT2D eigenvalue weighted by Gasteiger charge is -2.24. The topological polar surface area (TPSA) is 21.3 Å². The molecule has 1 aliphatic rings. The Kier molecular flexibility index (Phi) is 5.21. The molecule has 100 valence electrons. The van der Waals surface area contributed by atoms with Gasteiger partial charge in [-0.05, 0) is 36.9 Å². The molecule has 2 unspecified atom stereocenters. The van der Waals surface area contributed by atoms with Crippen LogP contribution in [-0.4, -0.2) is 19.3 Å². The molecule has 1 aromatic rings. The average Bonchev–Trinajstić information content (AvgIpc) is 2.90. The van der Waals surface area contributed by atoms with Crippen molar-refractivity contribution >= 4 is 0 Å². The van der Waals surface area contributed by atoms with Crippen LogP contribution in [0.2, 0.25) is 0 Å². The molecule has 1 aliphatic heterocycles. The van der Waals surface area contributed by atoms with Gasteiger partial charge in [0, 0.05) is 6.61 Å². The van der Waals surface area contributed by atoms with Gasteiger partial charge in [0.2, 0.25) is 0 Å². The van der Waals surface area contributed by atoms with E-state index in [-0.39, 0.29) is 0 Å². The largest absolute Gasteiger partial charge is 0.376 e. The molecular weight excluding hydrogens is 222 g/mol. The number of nitrogens with one attached hydrogen (secondary N) is 1. The molecule has 0 spiro atoms. The number of hydrogen-bond donors (Lipinski definition) is 1. The van der Waals surface area contributed by atoms with Crippen LogP contribution in [0.3, 0.4) is 0 Å². The summed E-state index contributed by atoms with van der Waals surface area (Å²) in [5.41, 5.74) is 2.82. The molecule has 2 atom stereocenters. The predicted molar refractivity (Wildman–Crippen MR) is 75.8 cm³/mol. The maximum atomic E-state index is 5.86. The maximum Gasteiger partial charge on any atom is 0.0770 e. The fourth-order valence-electron chi connectivity index (χ4n) is 2.78. The summed E-state index contributed by atoms with van der Waals surface area (Å²) in [5, 5.41) is 3.59. The normalized spacial score (nSPS) is 21.1. The quantitative estimate of drug-likeness (QED) is 0.831. The number of rotatable bonds is 6. The van der Waals surface area contributed by atoms with E-state index in [2.05, 4.69) is 43.4 Å². The summed E-state index contributed by atoms with van der Waals surface area (Å²) in [6.45, 7) is 6.30. The summed E-state index contributed by atoms with van der Waals surface area (Å²) in [6.07, 6.45) is 5.09. The van der Waals surface area contributed by atoms with E-state index in [4.69, 9.17) is 4.74 Å². The van der Waals surface area contributed by atoms with Crippen LogP contribution in [-0.2, 0) is 11.2 Å². The maximum absolute atomic E-state index is 5.86. The smallest absolute Gasteiger partial charge is 0.0770 e. The van der Waals surface area contributed by atoms with Crippen molar-refractivity contribution in [2.75, 3.05) is 13.2 Å². The molecule has 2 rings (SSSR count). The second-order valence-corrected chi connectivity index (χ2v) is 5.08. The van der Waals surface area contributed by atoms with Crippen molar-refractivity contribution < 1.29 is 4.74 Å². The minimum Gasteiger partial charge on any atom is -0.376 e. The first-order valence-corrected chi connectivity index (χ1v) is 7.29. The first-order chi connectivity index (χ1) is 8.85. The summed E-state index contributed by atoms with van der Waals surface area (Å²) in [7, 11) is 0. The molecule has 0 aromatic heterocycles. The fourth-order valence-corrected chi connectivity index (χ4v) is 2.78. The van der Waals surface area contributed by atoms with E-state index >= 15 is 0 Å². The Hall–Kier alpha value is -0.860. The number of ether oxygens (including phenoxy) is 1. The Morgan fingerprint density at radius 3 is 2.94 bits per heavy atom. The van der Waals surface area contributed by atoms with Gasteiger partial charge in [-0.1, -0.05) is 44.5 Å². The molecule has 18 heavy (non-hydrogen) atoms. The van der Waals surface area contributed by atoms with E-state index < -0.39 is 0 Å². The summed E-state index contributed by atoms with van der Waals surface area (Å²) in [5.74, 6) is 0. The van der Waals surface area contributed by atoms with Crippen molar-refractivity contribution in [2.24, 2.45) is 0 Å². The molecule has 1 saturated heterocycles. The average molecular weight is 247 g/mol. The summed E-state index contributed by atoms with van der Waals surface area (Å²) in [6, 6.07) is 9.34. The Bertz CT molecular complexity index is 358. The standard InChI is InChI=1S/C16H25NO/c1-3-7-13-8-5-9-14(12-13)16(17-4-2)15-10-6-11-18-15/h5,8-9,12,15-17H,3-4,6-7,10-11H2,1-2H3. The van der Waals surface area contributed by atoms with Crippen LogP contribution in [0.5, 0.6) is 0 Å². The van der Waals surface area contributed by atoms with Crippen molar-refractivity contribution in [2.45, 2.75) is 51.7 Å². The Morgan fingerprint density at radius 2 is 2.28 bits per heavy atom. The summed E-state index contributed by atoms with van der Waals surface area (Å²) in [4.78, 5) is 0. The van der Waals surface area contributed by atoms with Crippen LogP contribution in [0.1, 0.15) is 50.3 Å². The Morgan fingerprint density at radius 1 is 1.39 bits per heavy atom.